The highest BCUT2D eigenvalue weighted by atomic mass is 16.5. The lowest BCUT2D eigenvalue weighted by atomic mass is 10.1. The Balaban J connectivity index is 2.49. The first kappa shape index (κ1) is 12.2. The molecular weight excluding hydrogens is 226 g/mol. The van der Waals surface area contributed by atoms with Gasteiger partial charge in [-0.1, -0.05) is 35.5 Å². The average molecular weight is 241 g/mol. The van der Waals surface area contributed by atoms with Crippen LogP contribution in [0.1, 0.15) is 19.4 Å². The van der Waals surface area contributed by atoms with Gasteiger partial charge in [0, 0.05) is 18.7 Å². The Hall–Kier alpha value is -2.28. The predicted octanol–water partition coefficient (Wildman–Crippen LogP) is 3.06. The molecule has 0 aliphatic heterocycles. The number of aromatic nitrogens is 1. The summed E-state index contributed by atoms with van der Waals surface area (Å²) in [5, 5.41) is 13.3. The van der Waals surface area contributed by atoms with E-state index in [1.807, 2.05) is 49.1 Å². The quantitative estimate of drug-likeness (QED) is 0.825. The minimum absolute atomic E-state index is 0.505. The van der Waals surface area contributed by atoms with Gasteiger partial charge in [-0.05, 0) is 13.8 Å². The van der Waals surface area contributed by atoms with E-state index in [2.05, 4.69) is 11.2 Å². The lowest BCUT2D eigenvalue weighted by molar-refractivity contribution is 0.419. The lowest BCUT2D eigenvalue weighted by Gasteiger charge is -2.16. The number of hydrogen-bond donors (Lipinski definition) is 0. The molecule has 1 aromatic heterocycles. The van der Waals surface area contributed by atoms with Crippen molar-refractivity contribution in [1.29, 1.82) is 5.26 Å². The summed E-state index contributed by atoms with van der Waals surface area (Å²) in [6.07, 6.45) is 0. The Kier molecular flexibility index (Phi) is 3.63. The predicted molar refractivity (Wildman–Crippen MR) is 70.2 cm³/mol. The molecule has 4 nitrogen and oxygen atoms in total. The number of nitriles is 1. The molecule has 2 aromatic rings. The fourth-order valence-electron chi connectivity index (χ4n) is 1.90. The van der Waals surface area contributed by atoms with E-state index < -0.39 is 0 Å². The van der Waals surface area contributed by atoms with Crippen LogP contribution in [0.5, 0.6) is 0 Å². The highest BCUT2D eigenvalue weighted by Gasteiger charge is 2.20. The molecular formula is C14H15N3O. The van der Waals surface area contributed by atoms with Crippen molar-refractivity contribution in [2.45, 2.75) is 13.8 Å². The number of anilines is 1. The van der Waals surface area contributed by atoms with E-state index in [9.17, 15) is 5.26 Å². The van der Waals surface area contributed by atoms with Gasteiger partial charge < -0.3 is 9.42 Å². The number of nitrogens with zero attached hydrogens (tertiary/aromatic N) is 3. The zero-order valence-corrected chi connectivity index (χ0v) is 10.6. The molecule has 92 valence electrons. The van der Waals surface area contributed by atoms with E-state index >= 15 is 0 Å². The van der Waals surface area contributed by atoms with Gasteiger partial charge in [0.05, 0.1) is 0 Å². The first-order valence-electron chi connectivity index (χ1n) is 6.01. The highest BCUT2D eigenvalue weighted by molar-refractivity contribution is 5.72. The number of hydrogen-bond acceptors (Lipinski definition) is 4. The van der Waals surface area contributed by atoms with Crippen LogP contribution in [-0.4, -0.2) is 18.2 Å². The largest absolute Gasteiger partial charge is 0.340 e. The Bertz CT molecular complexity index is 550. The molecule has 0 unspecified atom stereocenters. The minimum atomic E-state index is 0.505. The van der Waals surface area contributed by atoms with Gasteiger partial charge in [0.15, 0.2) is 0 Å². The van der Waals surface area contributed by atoms with E-state index in [1.165, 1.54) is 0 Å². The van der Waals surface area contributed by atoms with E-state index in [0.29, 0.717) is 17.1 Å². The third kappa shape index (κ3) is 2.07. The van der Waals surface area contributed by atoms with Crippen molar-refractivity contribution >= 4 is 5.88 Å². The van der Waals surface area contributed by atoms with Crippen LogP contribution < -0.4 is 4.90 Å². The van der Waals surface area contributed by atoms with Crippen LogP contribution in [0.4, 0.5) is 5.88 Å². The Labute approximate surface area is 106 Å². The van der Waals surface area contributed by atoms with Crippen molar-refractivity contribution in [2.75, 3.05) is 18.0 Å². The second-order valence-electron chi connectivity index (χ2n) is 3.86. The maximum Gasteiger partial charge on any atom is 0.245 e. The molecule has 0 atom stereocenters. The molecule has 0 bridgehead atoms. The van der Waals surface area contributed by atoms with Gasteiger partial charge in [-0.25, -0.2) is 0 Å². The van der Waals surface area contributed by atoms with Gasteiger partial charge in [-0.3, -0.25) is 0 Å². The second-order valence-corrected chi connectivity index (χ2v) is 3.86. The van der Waals surface area contributed by atoms with Crippen molar-refractivity contribution in [3.63, 3.8) is 0 Å². The summed E-state index contributed by atoms with van der Waals surface area (Å²) in [6.45, 7) is 5.62. The van der Waals surface area contributed by atoms with Gasteiger partial charge in [-0.15, -0.1) is 0 Å². The number of benzene rings is 1. The molecule has 0 fully saturated rings. The Morgan fingerprint density at radius 2 is 1.89 bits per heavy atom. The summed E-state index contributed by atoms with van der Waals surface area (Å²) in [5.74, 6) is 0.557. The monoisotopic (exact) mass is 241 g/mol. The summed E-state index contributed by atoms with van der Waals surface area (Å²) in [7, 11) is 0. The molecule has 0 aliphatic carbocycles. The molecule has 1 heterocycles. The molecule has 0 radical (unpaired) electrons. The molecule has 1 aromatic carbocycles. The van der Waals surface area contributed by atoms with Gasteiger partial charge in [-0.2, -0.15) is 5.26 Å². The summed E-state index contributed by atoms with van der Waals surface area (Å²) in [5.41, 5.74) is 2.01. The van der Waals surface area contributed by atoms with E-state index in [1.54, 1.807) is 0 Å². The molecule has 0 aliphatic rings. The van der Waals surface area contributed by atoms with Gasteiger partial charge in [0.1, 0.15) is 17.3 Å². The van der Waals surface area contributed by atoms with Crippen molar-refractivity contribution in [3.8, 4) is 17.3 Å². The average Bonchev–Trinajstić information content (AvgIpc) is 2.85. The summed E-state index contributed by atoms with van der Waals surface area (Å²) in [4.78, 5) is 1.98. The third-order valence-corrected chi connectivity index (χ3v) is 2.88. The molecule has 0 saturated carbocycles. The summed E-state index contributed by atoms with van der Waals surface area (Å²) < 4.78 is 5.34. The fourth-order valence-corrected chi connectivity index (χ4v) is 1.90. The van der Waals surface area contributed by atoms with Crippen LogP contribution in [0.2, 0.25) is 0 Å². The van der Waals surface area contributed by atoms with Crippen molar-refractivity contribution in [2.24, 2.45) is 0 Å². The van der Waals surface area contributed by atoms with Gasteiger partial charge in [0.25, 0.3) is 0 Å². The molecule has 0 saturated heterocycles. The second kappa shape index (κ2) is 5.37. The Morgan fingerprint density at radius 3 is 2.44 bits per heavy atom. The zero-order valence-electron chi connectivity index (χ0n) is 10.6. The minimum Gasteiger partial charge on any atom is -0.340 e. The first-order chi connectivity index (χ1) is 8.81. The SMILES string of the molecule is CCN(CC)c1onc(-c2ccccc2)c1C#N. The highest BCUT2D eigenvalue weighted by Crippen LogP contribution is 2.30. The first-order valence-corrected chi connectivity index (χ1v) is 6.01. The third-order valence-electron chi connectivity index (χ3n) is 2.88. The van der Waals surface area contributed by atoms with E-state index in [0.717, 1.165) is 18.7 Å². The zero-order chi connectivity index (χ0) is 13.0. The van der Waals surface area contributed by atoms with Crippen LogP contribution in [0, 0.1) is 11.3 Å². The van der Waals surface area contributed by atoms with Crippen molar-refractivity contribution in [1.82, 2.24) is 5.16 Å². The van der Waals surface area contributed by atoms with E-state index in [-0.39, 0.29) is 0 Å². The van der Waals surface area contributed by atoms with Crippen molar-refractivity contribution < 1.29 is 4.52 Å². The Morgan fingerprint density at radius 1 is 1.22 bits per heavy atom. The van der Waals surface area contributed by atoms with Crippen LogP contribution in [-0.2, 0) is 0 Å². The molecule has 0 N–H and O–H groups in total. The van der Waals surface area contributed by atoms with Crippen LogP contribution in [0.3, 0.4) is 0 Å². The normalized spacial score (nSPS) is 10.1. The molecule has 0 amide bonds. The summed E-state index contributed by atoms with van der Waals surface area (Å²) >= 11 is 0. The van der Waals surface area contributed by atoms with Gasteiger partial charge in [0.2, 0.25) is 5.88 Å². The summed E-state index contributed by atoms with van der Waals surface area (Å²) in [6, 6.07) is 11.8. The van der Waals surface area contributed by atoms with E-state index in [4.69, 9.17) is 4.52 Å². The fraction of sp³-hybridized carbons (Fsp3) is 0.286. The topological polar surface area (TPSA) is 53.1 Å². The number of rotatable bonds is 4. The maximum absolute atomic E-state index is 9.31. The lowest BCUT2D eigenvalue weighted by Crippen LogP contribution is -2.22. The van der Waals surface area contributed by atoms with Crippen LogP contribution in [0.15, 0.2) is 34.9 Å². The molecule has 2 rings (SSSR count). The smallest absolute Gasteiger partial charge is 0.245 e. The molecule has 4 heteroatoms. The van der Waals surface area contributed by atoms with Crippen molar-refractivity contribution in [3.05, 3.63) is 35.9 Å². The molecule has 18 heavy (non-hydrogen) atoms. The standard InChI is InChI=1S/C14H15N3O/c1-3-17(4-2)14-12(10-15)13(16-18-14)11-8-6-5-7-9-11/h5-9H,3-4H2,1-2H3. The molecule has 0 spiro atoms. The van der Waals surface area contributed by atoms with Gasteiger partial charge >= 0.3 is 0 Å². The van der Waals surface area contributed by atoms with Crippen LogP contribution in [0.25, 0.3) is 11.3 Å². The van der Waals surface area contributed by atoms with Crippen LogP contribution >= 0.6 is 0 Å². The maximum atomic E-state index is 9.31.